The molecule has 1 fully saturated rings. The van der Waals surface area contributed by atoms with Crippen molar-refractivity contribution < 1.29 is 13.2 Å². The zero-order valence-electron chi connectivity index (χ0n) is 12.7. The molecule has 126 valence electrons. The highest BCUT2D eigenvalue weighted by molar-refractivity contribution is 9.10. The molecular formula is C14H17BrF3N5. The lowest BCUT2D eigenvalue weighted by atomic mass is 9.91. The zero-order chi connectivity index (χ0) is 16.8. The number of piperidine rings is 1. The predicted octanol–water partition coefficient (Wildman–Crippen LogP) is 3.45. The average molecular weight is 392 g/mol. The number of alkyl halides is 3. The molecule has 3 rings (SSSR count). The lowest BCUT2D eigenvalue weighted by molar-refractivity contribution is -0.142. The van der Waals surface area contributed by atoms with Gasteiger partial charge in [-0.2, -0.15) is 13.2 Å². The molecule has 3 heterocycles. The minimum atomic E-state index is -4.51. The molecule has 0 spiro atoms. The number of hydrogen-bond donors (Lipinski definition) is 2. The highest BCUT2D eigenvalue weighted by atomic mass is 79.9. The van der Waals surface area contributed by atoms with Gasteiger partial charge in [-0.05, 0) is 42.6 Å². The summed E-state index contributed by atoms with van der Waals surface area (Å²) in [5.41, 5.74) is -0.613. The van der Waals surface area contributed by atoms with Crippen LogP contribution in [0.15, 0.2) is 17.0 Å². The molecule has 5 nitrogen and oxygen atoms in total. The minimum absolute atomic E-state index is 0.0783. The number of imidazole rings is 1. The van der Waals surface area contributed by atoms with Crippen LogP contribution in [0.5, 0.6) is 0 Å². The van der Waals surface area contributed by atoms with Crippen molar-refractivity contribution in [2.45, 2.75) is 44.4 Å². The van der Waals surface area contributed by atoms with Crippen molar-refractivity contribution in [2.75, 3.05) is 11.9 Å². The second kappa shape index (κ2) is 5.62. The maximum absolute atomic E-state index is 13.2. The van der Waals surface area contributed by atoms with Gasteiger partial charge in [0, 0.05) is 30.5 Å². The molecule has 23 heavy (non-hydrogen) atoms. The molecule has 0 radical (unpaired) electrons. The molecule has 1 unspecified atom stereocenters. The van der Waals surface area contributed by atoms with E-state index in [4.69, 9.17) is 0 Å². The maximum Gasteiger partial charge on any atom is 0.434 e. The van der Waals surface area contributed by atoms with E-state index in [0.29, 0.717) is 5.82 Å². The Morgan fingerprint density at radius 3 is 2.78 bits per heavy atom. The number of fused-ring (bicyclic) bond motifs is 1. The summed E-state index contributed by atoms with van der Waals surface area (Å²) in [7, 11) is 0. The van der Waals surface area contributed by atoms with Crippen LogP contribution in [0, 0.1) is 0 Å². The van der Waals surface area contributed by atoms with Crippen molar-refractivity contribution in [3.8, 4) is 0 Å². The molecule has 0 amide bonds. The van der Waals surface area contributed by atoms with Crippen LogP contribution in [0.1, 0.15) is 32.4 Å². The number of halogens is 4. The van der Waals surface area contributed by atoms with Gasteiger partial charge in [0.2, 0.25) is 0 Å². The van der Waals surface area contributed by atoms with E-state index in [1.807, 2.05) is 0 Å². The molecule has 1 atom stereocenters. The summed E-state index contributed by atoms with van der Waals surface area (Å²) in [5, 5.41) is 6.62. The zero-order valence-corrected chi connectivity index (χ0v) is 14.3. The summed E-state index contributed by atoms with van der Waals surface area (Å²) in [6.45, 7) is 4.98. The second-order valence-corrected chi connectivity index (χ2v) is 7.11. The van der Waals surface area contributed by atoms with Gasteiger partial charge in [0.15, 0.2) is 17.2 Å². The average Bonchev–Trinajstić information content (AvgIpc) is 2.88. The molecule has 1 aliphatic rings. The third-order valence-corrected chi connectivity index (χ3v) is 4.61. The molecule has 0 saturated carbocycles. The van der Waals surface area contributed by atoms with Crippen LogP contribution in [-0.2, 0) is 6.18 Å². The Labute approximate surface area is 139 Å². The molecule has 2 N–H and O–H groups in total. The van der Waals surface area contributed by atoms with Gasteiger partial charge in [-0.15, -0.1) is 0 Å². The molecular weight excluding hydrogens is 375 g/mol. The van der Waals surface area contributed by atoms with Crippen LogP contribution < -0.4 is 10.6 Å². The van der Waals surface area contributed by atoms with Crippen LogP contribution in [0.2, 0.25) is 0 Å². The summed E-state index contributed by atoms with van der Waals surface area (Å²) in [6.07, 6.45) is -0.00572. The SMILES string of the molecule is CC1(C)CCC(Nc2nc(Br)c(C(F)(F)F)n3ccnc23)CN1. The Kier molecular flexibility index (Phi) is 4.04. The normalized spacial score (nSPS) is 21.6. The van der Waals surface area contributed by atoms with Crippen LogP contribution in [0.3, 0.4) is 0 Å². The fraction of sp³-hybridized carbons (Fsp3) is 0.571. The third kappa shape index (κ3) is 3.30. The van der Waals surface area contributed by atoms with Gasteiger partial charge in [0.1, 0.15) is 4.60 Å². The summed E-state index contributed by atoms with van der Waals surface area (Å²) in [5.74, 6) is 0.349. The molecule has 9 heteroatoms. The molecule has 0 bridgehead atoms. The topological polar surface area (TPSA) is 54.2 Å². The van der Waals surface area contributed by atoms with Gasteiger partial charge >= 0.3 is 6.18 Å². The Bertz CT molecular complexity index is 715. The fourth-order valence-corrected chi connectivity index (χ4v) is 3.34. The summed E-state index contributed by atoms with van der Waals surface area (Å²) in [4.78, 5) is 8.07. The number of hydrogen-bond acceptors (Lipinski definition) is 4. The maximum atomic E-state index is 13.2. The van der Waals surface area contributed by atoms with E-state index in [9.17, 15) is 13.2 Å². The number of nitrogens with one attached hydrogen (secondary N) is 2. The number of anilines is 1. The van der Waals surface area contributed by atoms with E-state index >= 15 is 0 Å². The highest BCUT2D eigenvalue weighted by Gasteiger charge is 2.38. The smallest absolute Gasteiger partial charge is 0.363 e. The van der Waals surface area contributed by atoms with E-state index < -0.39 is 11.9 Å². The van der Waals surface area contributed by atoms with E-state index in [-0.39, 0.29) is 21.8 Å². The lowest BCUT2D eigenvalue weighted by Gasteiger charge is -2.36. The van der Waals surface area contributed by atoms with Crippen LogP contribution in [0.25, 0.3) is 5.65 Å². The Balaban J connectivity index is 1.93. The van der Waals surface area contributed by atoms with Crippen molar-refractivity contribution in [3.63, 3.8) is 0 Å². The van der Waals surface area contributed by atoms with Gasteiger partial charge in [0.05, 0.1) is 0 Å². The number of aromatic nitrogens is 3. The standard InChI is InChI=1S/C14H17BrF3N5/c1-13(2)4-3-8(7-20-13)21-11-12-19-5-6-23(12)9(10(15)22-11)14(16,17)18/h5-6,8,20H,3-4,7H2,1-2H3,(H,21,22). The number of rotatable bonds is 2. The quantitative estimate of drug-likeness (QED) is 0.822. The Morgan fingerprint density at radius 2 is 2.17 bits per heavy atom. The van der Waals surface area contributed by atoms with Crippen LogP contribution in [-0.4, -0.2) is 32.5 Å². The van der Waals surface area contributed by atoms with Crippen molar-refractivity contribution in [1.29, 1.82) is 0 Å². The first-order valence-corrected chi connectivity index (χ1v) is 8.08. The van der Waals surface area contributed by atoms with E-state index in [1.54, 1.807) is 0 Å². The Hall–Kier alpha value is -1.35. The van der Waals surface area contributed by atoms with Gasteiger partial charge in [-0.3, -0.25) is 4.40 Å². The first kappa shape index (κ1) is 16.5. The molecule has 1 aliphatic heterocycles. The van der Waals surface area contributed by atoms with E-state index in [2.05, 4.69) is 50.4 Å². The summed E-state index contributed by atoms with van der Waals surface area (Å²) >= 11 is 2.94. The van der Waals surface area contributed by atoms with Gasteiger partial charge in [0.25, 0.3) is 0 Å². The number of nitrogens with zero attached hydrogens (tertiary/aromatic N) is 3. The van der Waals surface area contributed by atoms with Crippen molar-refractivity contribution in [3.05, 3.63) is 22.7 Å². The van der Waals surface area contributed by atoms with Crippen LogP contribution >= 0.6 is 15.9 Å². The Morgan fingerprint density at radius 1 is 1.43 bits per heavy atom. The summed E-state index contributed by atoms with van der Waals surface area (Å²) in [6, 6.07) is 0.0969. The highest BCUT2D eigenvalue weighted by Crippen LogP contribution is 2.36. The first-order chi connectivity index (χ1) is 10.7. The van der Waals surface area contributed by atoms with E-state index in [1.165, 1.54) is 12.4 Å². The molecule has 0 aliphatic carbocycles. The van der Waals surface area contributed by atoms with Gasteiger partial charge < -0.3 is 10.6 Å². The van der Waals surface area contributed by atoms with Gasteiger partial charge in [-0.25, -0.2) is 9.97 Å². The molecule has 0 aromatic carbocycles. The molecule has 1 saturated heterocycles. The van der Waals surface area contributed by atoms with Gasteiger partial charge in [-0.1, -0.05) is 0 Å². The first-order valence-electron chi connectivity index (χ1n) is 7.29. The van der Waals surface area contributed by atoms with Crippen molar-refractivity contribution >= 4 is 27.4 Å². The minimum Gasteiger partial charge on any atom is -0.363 e. The second-order valence-electron chi connectivity index (χ2n) is 6.36. The van der Waals surface area contributed by atoms with Crippen molar-refractivity contribution in [2.24, 2.45) is 0 Å². The molecule has 2 aromatic rings. The summed E-state index contributed by atoms with van der Waals surface area (Å²) < 4.78 is 40.3. The predicted molar refractivity (Wildman–Crippen MR) is 84.4 cm³/mol. The lowest BCUT2D eigenvalue weighted by Crippen LogP contribution is -2.50. The third-order valence-electron chi connectivity index (χ3n) is 4.05. The van der Waals surface area contributed by atoms with Crippen molar-refractivity contribution in [1.82, 2.24) is 19.7 Å². The fourth-order valence-electron chi connectivity index (χ4n) is 2.75. The van der Waals surface area contributed by atoms with Crippen LogP contribution in [0.4, 0.5) is 19.0 Å². The molecule has 2 aromatic heterocycles. The monoisotopic (exact) mass is 391 g/mol. The van der Waals surface area contributed by atoms with E-state index in [0.717, 1.165) is 23.8 Å². The largest absolute Gasteiger partial charge is 0.434 e.